The number of ether oxygens (including phenoxy) is 1. The zero-order chi connectivity index (χ0) is 12.8. The summed E-state index contributed by atoms with van der Waals surface area (Å²) in [6.07, 6.45) is 6.83. The smallest absolute Gasteiger partial charge is 0.0844 e. The molecule has 2 rings (SSSR count). The lowest BCUT2D eigenvalue weighted by molar-refractivity contribution is -0.100. The summed E-state index contributed by atoms with van der Waals surface area (Å²) in [4.78, 5) is 0. The fourth-order valence-electron chi connectivity index (χ4n) is 2.87. The molecule has 1 fully saturated rings. The second kappa shape index (κ2) is 6.32. The van der Waals surface area contributed by atoms with E-state index in [9.17, 15) is 0 Å². The second-order valence-corrected chi connectivity index (χ2v) is 5.22. The minimum absolute atomic E-state index is 0.00849. The maximum Gasteiger partial charge on any atom is 0.0844 e. The Morgan fingerprint density at radius 3 is 2.56 bits per heavy atom. The Morgan fingerprint density at radius 1 is 1.33 bits per heavy atom. The number of hydrazine groups is 1. The van der Waals surface area contributed by atoms with Gasteiger partial charge in [0.2, 0.25) is 0 Å². The van der Waals surface area contributed by atoms with Gasteiger partial charge in [-0.2, -0.15) is 0 Å². The predicted octanol–water partition coefficient (Wildman–Crippen LogP) is 2.41. The zero-order valence-corrected chi connectivity index (χ0v) is 11.2. The Balaban J connectivity index is 1.81. The molecule has 3 nitrogen and oxygen atoms in total. The molecule has 0 amide bonds. The predicted molar refractivity (Wildman–Crippen MR) is 74.1 cm³/mol. The third kappa shape index (κ3) is 2.91. The van der Waals surface area contributed by atoms with Crippen molar-refractivity contribution < 1.29 is 4.74 Å². The normalized spacial score (nSPS) is 19.2. The van der Waals surface area contributed by atoms with E-state index in [0.717, 1.165) is 32.1 Å². The number of aryl methyl sites for hydroxylation is 1. The first-order chi connectivity index (χ1) is 8.80. The van der Waals surface area contributed by atoms with E-state index in [2.05, 4.69) is 35.8 Å². The summed E-state index contributed by atoms with van der Waals surface area (Å²) in [7, 11) is 1.81. The molecule has 100 valence electrons. The average Bonchev–Trinajstić information content (AvgIpc) is 2.37. The molecule has 1 saturated carbocycles. The van der Waals surface area contributed by atoms with Crippen LogP contribution in [0.5, 0.6) is 0 Å². The Labute approximate surface area is 110 Å². The molecule has 0 aromatic heterocycles. The Morgan fingerprint density at radius 2 is 2.06 bits per heavy atom. The Bertz CT molecular complexity index is 343. The number of rotatable bonds is 7. The van der Waals surface area contributed by atoms with Crippen LogP contribution < -0.4 is 11.3 Å². The van der Waals surface area contributed by atoms with Crippen molar-refractivity contribution in [3.63, 3.8) is 0 Å². The molecular weight excluding hydrogens is 224 g/mol. The van der Waals surface area contributed by atoms with Gasteiger partial charge >= 0.3 is 0 Å². The monoisotopic (exact) mass is 248 g/mol. The van der Waals surface area contributed by atoms with Gasteiger partial charge in [0.15, 0.2) is 0 Å². The van der Waals surface area contributed by atoms with Crippen LogP contribution in [0.2, 0.25) is 0 Å². The number of hydrogen-bond donors (Lipinski definition) is 2. The third-order valence-corrected chi connectivity index (χ3v) is 4.24. The van der Waals surface area contributed by atoms with Crippen LogP contribution >= 0.6 is 0 Å². The largest absolute Gasteiger partial charge is 0.377 e. The van der Waals surface area contributed by atoms with Gasteiger partial charge in [-0.15, -0.1) is 0 Å². The van der Waals surface area contributed by atoms with E-state index in [1.807, 2.05) is 0 Å². The van der Waals surface area contributed by atoms with Crippen molar-refractivity contribution in [3.05, 3.63) is 35.9 Å². The third-order valence-electron chi connectivity index (χ3n) is 4.24. The van der Waals surface area contributed by atoms with Crippen molar-refractivity contribution >= 4 is 0 Å². The number of methoxy groups -OCH3 is 1. The molecule has 1 aromatic rings. The van der Waals surface area contributed by atoms with Gasteiger partial charge in [0.1, 0.15) is 0 Å². The van der Waals surface area contributed by atoms with Gasteiger partial charge in [0.05, 0.1) is 11.6 Å². The summed E-state index contributed by atoms with van der Waals surface area (Å²) in [6.45, 7) is 0. The standard InChI is InChI=1S/C15H24N2O/c1-18-15(11-6-12-15)14(17-16)10-5-9-13-7-3-2-4-8-13/h2-4,7-8,14,17H,5-6,9-12,16H2,1H3. The summed E-state index contributed by atoms with van der Waals surface area (Å²) in [5.74, 6) is 5.69. The first-order valence-electron chi connectivity index (χ1n) is 6.86. The van der Waals surface area contributed by atoms with Gasteiger partial charge in [-0.3, -0.25) is 11.3 Å². The van der Waals surface area contributed by atoms with Crippen LogP contribution in [0.4, 0.5) is 0 Å². The lowest BCUT2D eigenvalue weighted by atomic mass is 9.73. The maximum atomic E-state index is 5.69. The summed E-state index contributed by atoms with van der Waals surface area (Å²) in [5.41, 5.74) is 4.35. The summed E-state index contributed by atoms with van der Waals surface area (Å²) in [6, 6.07) is 10.9. The maximum absolute atomic E-state index is 5.69. The lowest BCUT2D eigenvalue weighted by Gasteiger charge is -2.46. The van der Waals surface area contributed by atoms with E-state index in [1.54, 1.807) is 7.11 Å². The SMILES string of the molecule is COC1(C(CCCc2ccccc2)NN)CCC1. The molecule has 0 aliphatic heterocycles. The molecule has 1 unspecified atom stereocenters. The molecule has 18 heavy (non-hydrogen) atoms. The van der Waals surface area contributed by atoms with Crippen LogP contribution in [-0.2, 0) is 11.2 Å². The molecule has 1 aliphatic rings. The van der Waals surface area contributed by atoms with E-state index >= 15 is 0 Å². The molecule has 0 radical (unpaired) electrons. The molecule has 0 bridgehead atoms. The van der Waals surface area contributed by atoms with E-state index in [4.69, 9.17) is 10.6 Å². The summed E-state index contributed by atoms with van der Waals surface area (Å²) >= 11 is 0. The van der Waals surface area contributed by atoms with Crippen LogP contribution in [-0.4, -0.2) is 18.8 Å². The highest BCUT2D eigenvalue weighted by atomic mass is 16.5. The van der Waals surface area contributed by atoms with Crippen molar-refractivity contribution in [2.24, 2.45) is 5.84 Å². The Hall–Kier alpha value is -0.900. The minimum Gasteiger partial charge on any atom is -0.377 e. The van der Waals surface area contributed by atoms with Gasteiger partial charge in [0, 0.05) is 7.11 Å². The highest BCUT2D eigenvalue weighted by Gasteiger charge is 2.43. The van der Waals surface area contributed by atoms with Crippen molar-refractivity contribution in [2.75, 3.05) is 7.11 Å². The molecule has 3 N–H and O–H groups in total. The van der Waals surface area contributed by atoms with Crippen LogP contribution in [0.15, 0.2) is 30.3 Å². The fraction of sp³-hybridized carbons (Fsp3) is 0.600. The quantitative estimate of drug-likeness (QED) is 0.575. The molecular formula is C15H24N2O. The van der Waals surface area contributed by atoms with E-state index in [1.165, 1.54) is 12.0 Å². The average molecular weight is 248 g/mol. The van der Waals surface area contributed by atoms with Crippen molar-refractivity contribution in [3.8, 4) is 0 Å². The van der Waals surface area contributed by atoms with Crippen LogP contribution in [0.25, 0.3) is 0 Å². The van der Waals surface area contributed by atoms with Gasteiger partial charge in [-0.25, -0.2) is 0 Å². The van der Waals surface area contributed by atoms with Crippen LogP contribution in [0, 0.1) is 0 Å². The number of benzene rings is 1. The summed E-state index contributed by atoms with van der Waals surface area (Å²) < 4.78 is 5.69. The first kappa shape index (κ1) is 13.5. The van der Waals surface area contributed by atoms with Gasteiger partial charge < -0.3 is 4.74 Å². The first-order valence-corrected chi connectivity index (χ1v) is 6.86. The number of nitrogens with one attached hydrogen (secondary N) is 1. The zero-order valence-electron chi connectivity index (χ0n) is 11.2. The molecule has 0 spiro atoms. The van der Waals surface area contributed by atoms with Crippen molar-refractivity contribution in [1.29, 1.82) is 0 Å². The van der Waals surface area contributed by atoms with E-state index in [0.29, 0.717) is 0 Å². The molecule has 1 aliphatic carbocycles. The molecule has 1 aromatic carbocycles. The lowest BCUT2D eigenvalue weighted by Crippen LogP contribution is -2.58. The molecule has 3 heteroatoms. The Kier molecular flexibility index (Phi) is 4.75. The summed E-state index contributed by atoms with van der Waals surface area (Å²) in [5, 5.41) is 0. The van der Waals surface area contributed by atoms with Crippen LogP contribution in [0.1, 0.15) is 37.7 Å². The van der Waals surface area contributed by atoms with Gasteiger partial charge in [-0.1, -0.05) is 30.3 Å². The molecule has 1 atom stereocenters. The highest BCUT2D eigenvalue weighted by Crippen LogP contribution is 2.39. The van der Waals surface area contributed by atoms with Crippen LogP contribution in [0.3, 0.4) is 0 Å². The van der Waals surface area contributed by atoms with Gasteiger partial charge in [-0.05, 0) is 44.1 Å². The minimum atomic E-state index is -0.00849. The second-order valence-electron chi connectivity index (χ2n) is 5.22. The number of nitrogens with two attached hydrogens (primary N) is 1. The molecule has 0 heterocycles. The van der Waals surface area contributed by atoms with Crippen molar-refractivity contribution in [2.45, 2.75) is 50.2 Å². The topological polar surface area (TPSA) is 47.3 Å². The molecule has 0 saturated heterocycles. The number of hydrogen-bond acceptors (Lipinski definition) is 3. The highest BCUT2D eigenvalue weighted by molar-refractivity contribution is 5.14. The fourth-order valence-corrected chi connectivity index (χ4v) is 2.87. The van der Waals surface area contributed by atoms with E-state index in [-0.39, 0.29) is 11.6 Å². The van der Waals surface area contributed by atoms with E-state index < -0.39 is 0 Å². The van der Waals surface area contributed by atoms with Gasteiger partial charge in [0.25, 0.3) is 0 Å². The van der Waals surface area contributed by atoms with Crippen molar-refractivity contribution in [1.82, 2.24) is 5.43 Å².